The summed E-state index contributed by atoms with van der Waals surface area (Å²) in [5.41, 5.74) is 4.42. The Hall–Kier alpha value is -2.56. The number of hydrogen-bond acceptors (Lipinski definition) is 4. The average molecular weight is 336 g/mol. The first-order valence-electron chi connectivity index (χ1n) is 8.27. The summed E-state index contributed by atoms with van der Waals surface area (Å²) in [6.45, 7) is 9.17. The molecule has 0 aliphatic carbocycles. The molecular weight excluding hydrogens is 312 g/mol. The summed E-state index contributed by atoms with van der Waals surface area (Å²) in [7, 11) is 0. The molecule has 0 saturated carbocycles. The van der Waals surface area contributed by atoms with E-state index in [4.69, 9.17) is 0 Å². The van der Waals surface area contributed by atoms with Crippen molar-refractivity contribution in [1.82, 2.24) is 4.90 Å². The smallest absolute Gasteiger partial charge is 0.108 e. The van der Waals surface area contributed by atoms with Crippen LogP contribution in [0.15, 0.2) is 66.9 Å². The minimum Gasteiger partial charge on any atom is -0.390 e. The summed E-state index contributed by atoms with van der Waals surface area (Å²) in [6.07, 6.45) is 2.85. The second kappa shape index (κ2) is 9.67. The quantitative estimate of drug-likeness (QED) is 0.665. The number of nitroso groups, excluding NO2 is 1. The van der Waals surface area contributed by atoms with E-state index < -0.39 is 6.10 Å². The lowest BCUT2D eigenvalue weighted by Crippen LogP contribution is -2.33. The molecule has 0 aliphatic heterocycles. The van der Waals surface area contributed by atoms with Crippen LogP contribution < -0.4 is 0 Å². The Balaban J connectivity index is 2.10. The molecule has 0 saturated heterocycles. The van der Waals surface area contributed by atoms with Gasteiger partial charge in [0, 0.05) is 19.6 Å². The van der Waals surface area contributed by atoms with Gasteiger partial charge in [0.25, 0.3) is 0 Å². The van der Waals surface area contributed by atoms with E-state index in [1.807, 2.05) is 36.4 Å². The van der Waals surface area contributed by atoms with Gasteiger partial charge in [-0.1, -0.05) is 79.0 Å². The molecule has 2 aromatic rings. The second-order valence-corrected chi connectivity index (χ2v) is 6.03. The number of hydrogen-bond donors (Lipinski definition) is 1. The molecule has 1 N–H and O–H groups in total. The number of benzene rings is 2. The molecule has 1 atom stereocenters. The van der Waals surface area contributed by atoms with E-state index in [2.05, 4.69) is 47.5 Å². The molecule has 4 heteroatoms. The lowest BCUT2D eigenvalue weighted by Gasteiger charge is -2.24. The SMILES string of the molecule is C=Cc1ccc(CN(Cc2ccc(C=C)cc2)CC(O)CN=O)cc1. The van der Waals surface area contributed by atoms with Crippen molar-refractivity contribution < 1.29 is 5.11 Å². The maximum atomic E-state index is 10.4. The van der Waals surface area contributed by atoms with Crippen molar-refractivity contribution in [3.63, 3.8) is 0 Å². The molecule has 130 valence electrons. The number of aliphatic hydroxyl groups excluding tert-OH is 1. The van der Waals surface area contributed by atoms with Gasteiger partial charge in [0.15, 0.2) is 0 Å². The summed E-state index contributed by atoms with van der Waals surface area (Å²) in [5, 5.41) is 12.8. The Bertz CT molecular complexity index is 639. The van der Waals surface area contributed by atoms with Crippen molar-refractivity contribution in [2.24, 2.45) is 5.18 Å². The molecule has 2 rings (SSSR count). The van der Waals surface area contributed by atoms with Crippen molar-refractivity contribution in [3.8, 4) is 0 Å². The minimum absolute atomic E-state index is 0.0959. The highest BCUT2D eigenvalue weighted by molar-refractivity contribution is 5.47. The summed E-state index contributed by atoms with van der Waals surface area (Å²) >= 11 is 0. The van der Waals surface area contributed by atoms with E-state index in [0.29, 0.717) is 19.6 Å². The van der Waals surface area contributed by atoms with Gasteiger partial charge in [-0.05, 0) is 22.3 Å². The van der Waals surface area contributed by atoms with E-state index in [0.717, 1.165) is 22.3 Å². The predicted molar refractivity (Wildman–Crippen MR) is 104 cm³/mol. The van der Waals surface area contributed by atoms with Crippen molar-refractivity contribution in [2.75, 3.05) is 13.1 Å². The third-order valence-electron chi connectivity index (χ3n) is 4.00. The van der Waals surface area contributed by atoms with Gasteiger partial charge in [0.05, 0.1) is 6.10 Å². The van der Waals surface area contributed by atoms with Gasteiger partial charge in [0.1, 0.15) is 6.54 Å². The van der Waals surface area contributed by atoms with Gasteiger partial charge < -0.3 is 5.11 Å². The summed E-state index contributed by atoms with van der Waals surface area (Å²) in [5.74, 6) is 0. The zero-order chi connectivity index (χ0) is 18.1. The van der Waals surface area contributed by atoms with Crippen LogP contribution in [0.25, 0.3) is 12.2 Å². The molecule has 0 radical (unpaired) electrons. The van der Waals surface area contributed by atoms with Crippen LogP contribution >= 0.6 is 0 Å². The van der Waals surface area contributed by atoms with Crippen LogP contribution in [0.5, 0.6) is 0 Å². The van der Waals surface area contributed by atoms with E-state index in [1.165, 1.54) is 0 Å². The zero-order valence-corrected chi connectivity index (χ0v) is 14.3. The standard InChI is InChI=1S/C21H24N2O2/c1-3-17-5-9-19(10-6-17)14-23(16-21(24)13-22-25)15-20-11-7-18(4-2)8-12-20/h3-12,21,24H,1-2,13-16H2. The second-order valence-electron chi connectivity index (χ2n) is 6.03. The first-order valence-corrected chi connectivity index (χ1v) is 8.27. The van der Waals surface area contributed by atoms with Crippen molar-refractivity contribution >= 4 is 12.2 Å². The van der Waals surface area contributed by atoms with Gasteiger partial charge in [-0.2, -0.15) is 4.91 Å². The first kappa shape index (κ1) is 18.8. The third kappa shape index (κ3) is 6.10. The molecule has 2 aromatic carbocycles. The largest absolute Gasteiger partial charge is 0.390 e. The van der Waals surface area contributed by atoms with E-state index >= 15 is 0 Å². The van der Waals surface area contributed by atoms with Crippen LogP contribution in [-0.2, 0) is 13.1 Å². The van der Waals surface area contributed by atoms with Crippen molar-refractivity contribution in [3.05, 3.63) is 88.8 Å². The molecule has 0 spiro atoms. The van der Waals surface area contributed by atoms with Crippen LogP contribution in [-0.4, -0.2) is 29.2 Å². The number of rotatable bonds is 10. The van der Waals surface area contributed by atoms with Gasteiger partial charge in [-0.3, -0.25) is 4.90 Å². The zero-order valence-electron chi connectivity index (χ0n) is 14.3. The van der Waals surface area contributed by atoms with Gasteiger partial charge >= 0.3 is 0 Å². The van der Waals surface area contributed by atoms with Crippen LogP contribution in [0.2, 0.25) is 0 Å². The Morgan fingerprint density at radius 2 is 1.36 bits per heavy atom. The Labute approximate surface area is 149 Å². The highest BCUT2D eigenvalue weighted by Gasteiger charge is 2.13. The molecule has 0 fully saturated rings. The molecule has 0 aliphatic rings. The van der Waals surface area contributed by atoms with Crippen LogP contribution in [0.4, 0.5) is 0 Å². The lowest BCUT2D eigenvalue weighted by atomic mass is 10.1. The summed E-state index contributed by atoms with van der Waals surface area (Å²) in [6, 6.07) is 16.3. The lowest BCUT2D eigenvalue weighted by molar-refractivity contribution is 0.110. The normalized spacial score (nSPS) is 11.9. The van der Waals surface area contributed by atoms with Crippen molar-refractivity contribution in [2.45, 2.75) is 19.2 Å². The van der Waals surface area contributed by atoms with Gasteiger partial charge in [-0.15, -0.1) is 0 Å². The average Bonchev–Trinajstić information content (AvgIpc) is 2.63. The first-order chi connectivity index (χ1) is 12.1. The highest BCUT2D eigenvalue weighted by Crippen LogP contribution is 2.14. The van der Waals surface area contributed by atoms with Gasteiger partial charge in [-0.25, -0.2) is 0 Å². The molecule has 0 aromatic heterocycles. The minimum atomic E-state index is -0.766. The Morgan fingerprint density at radius 3 is 1.72 bits per heavy atom. The maximum Gasteiger partial charge on any atom is 0.108 e. The van der Waals surface area contributed by atoms with Crippen LogP contribution in [0.1, 0.15) is 22.3 Å². The van der Waals surface area contributed by atoms with Crippen LogP contribution in [0, 0.1) is 4.91 Å². The predicted octanol–water partition coefficient (Wildman–Crippen LogP) is 4.10. The fraction of sp³-hybridized carbons (Fsp3) is 0.238. The highest BCUT2D eigenvalue weighted by atomic mass is 16.3. The monoisotopic (exact) mass is 336 g/mol. The molecule has 25 heavy (non-hydrogen) atoms. The van der Waals surface area contributed by atoms with Crippen molar-refractivity contribution in [1.29, 1.82) is 0 Å². The Kier molecular flexibility index (Phi) is 7.26. The summed E-state index contributed by atoms with van der Waals surface area (Å²) < 4.78 is 0. The Morgan fingerprint density at radius 1 is 0.920 bits per heavy atom. The molecule has 0 amide bonds. The topological polar surface area (TPSA) is 52.9 Å². The fourth-order valence-corrected chi connectivity index (χ4v) is 2.66. The third-order valence-corrected chi connectivity index (χ3v) is 4.00. The molecule has 0 heterocycles. The number of aliphatic hydroxyl groups is 1. The molecule has 4 nitrogen and oxygen atoms in total. The van der Waals surface area contributed by atoms with E-state index in [-0.39, 0.29) is 6.54 Å². The summed E-state index contributed by atoms with van der Waals surface area (Å²) in [4.78, 5) is 12.5. The fourth-order valence-electron chi connectivity index (χ4n) is 2.66. The van der Waals surface area contributed by atoms with Crippen LogP contribution in [0.3, 0.4) is 0 Å². The van der Waals surface area contributed by atoms with E-state index in [1.54, 1.807) is 0 Å². The van der Waals surface area contributed by atoms with E-state index in [9.17, 15) is 10.0 Å². The molecule has 1 unspecified atom stereocenters. The molecule has 0 bridgehead atoms. The maximum absolute atomic E-state index is 10.4. The number of nitrogens with zero attached hydrogens (tertiary/aromatic N) is 2. The molecular formula is C21H24N2O2. The van der Waals surface area contributed by atoms with Gasteiger partial charge in [0.2, 0.25) is 0 Å².